The highest BCUT2D eigenvalue weighted by molar-refractivity contribution is 5.96. The maximum absolute atomic E-state index is 11.9. The predicted octanol–water partition coefficient (Wildman–Crippen LogP) is 1.69. The van der Waals surface area contributed by atoms with E-state index in [9.17, 15) is 9.59 Å². The molecule has 0 spiro atoms. The zero-order valence-electron chi connectivity index (χ0n) is 13.3. The molecule has 1 aromatic carbocycles. The van der Waals surface area contributed by atoms with Crippen LogP contribution in [0.4, 0.5) is 0 Å². The monoisotopic (exact) mass is 322 g/mol. The number of rotatable bonds is 5. The van der Waals surface area contributed by atoms with Crippen LogP contribution in [0.3, 0.4) is 0 Å². The van der Waals surface area contributed by atoms with Gasteiger partial charge in [0.05, 0.1) is 18.8 Å². The Kier molecular flexibility index (Phi) is 4.56. The lowest BCUT2D eigenvalue weighted by Gasteiger charge is -2.05. The molecule has 2 N–H and O–H groups in total. The molecule has 6 nitrogen and oxygen atoms in total. The van der Waals surface area contributed by atoms with Crippen molar-refractivity contribution >= 4 is 17.5 Å². The zero-order chi connectivity index (χ0) is 16.9. The van der Waals surface area contributed by atoms with E-state index in [1.165, 1.54) is 0 Å². The minimum Gasteiger partial charge on any atom is -0.349 e. The molecule has 122 valence electrons. The largest absolute Gasteiger partial charge is 0.349 e. The molecule has 2 amide bonds. The number of imidazole rings is 1. The number of aryl methyl sites for hydroxylation is 1. The van der Waals surface area contributed by atoms with E-state index >= 15 is 0 Å². The van der Waals surface area contributed by atoms with Crippen molar-refractivity contribution in [1.29, 1.82) is 0 Å². The summed E-state index contributed by atoms with van der Waals surface area (Å²) < 4.78 is 1.91. The van der Waals surface area contributed by atoms with E-state index in [1.807, 2.05) is 41.9 Å². The van der Waals surface area contributed by atoms with Crippen molar-refractivity contribution in [1.82, 2.24) is 20.0 Å². The van der Waals surface area contributed by atoms with Gasteiger partial charge in [-0.1, -0.05) is 18.2 Å². The third kappa shape index (κ3) is 3.78. The van der Waals surface area contributed by atoms with Gasteiger partial charge < -0.3 is 15.0 Å². The number of amides is 2. The van der Waals surface area contributed by atoms with Crippen LogP contribution in [0, 0.1) is 6.92 Å². The first-order valence-corrected chi connectivity index (χ1v) is 7.66. The molecule has 0 aliphatic carbocycles. The van der Waals surface area contributed by atoms with Crippen LogP contribution in [0.15, 0.2) is 54.9 Å². The van der Waals surface area contributed by atoms with Gasteiger partial charge in [0, 0.05) is 18.0 Å². The van der Waals surface area contributed by atoms with Gasteiger partial charge in [-0.15, -0.1) is 0 Å². The van der Waals surface area contributed by atoms with Gasteiger partial charge in [0.15, 0.2) is 0 Å². The molecule has 6 heteroatoms. The summed E-state index contributed by atoms with van der Waals surface area (Å²) in [4.78, 5) is 28.2. The van der Waals surface area contributed by atoms with Crippen molar-refractivity contribution in [3.63, 3.8) is 0 Å². The third-order valence-electron chi connectivity index (χ3n) is 3.58. The molecule has 0 saturated carbocycles. The van der Waals surface area contributed by atoms with Crippen LogP contribution in [0.2, 0.25) is 0 Å². The van der Waals surface area contributed by atoms with Crippen LogP contribution in [0.25, 0.3) is 5.65 Å². The highest BCUT2D eigenvalue weighted by atomic mass is 16.2. The van der Waals surface area contributed by atoms with Crippen molar-refractivity contribution in [3.05, 3.63) is 71.7 Å². The molecule has 0 aliphatic rings. The van der Waals surface area contributed by atoms with E-state index in [4.69, 9.17) is 0 Å². The molecule has 0 bridgehead atoms. The maximum Gasteiger partial charge on any atom is 0.251 e. The Labute approximate surface area is 139 Å². The Morgan fingerprint density at radius 1 is 1.12 bits per heavy atom. The quantitative estimate of drug-likeness (QED) is 0.750. The van der Waals surface area contributed by atoms with Crippen LogP contribution in [0.5, 0.6) is 0 Å². The maximum atomic E-state index is 11.9. The van der Waals surface area contributed by atoms with Gasteiger partial charge in [-0.3, -0.25) is 9.59 Å². The van der Waals surface area contributed by atoms with Crippen molar-refractivity contribution in [2.24, 2.45) is 0 Å². The summed E-state index contributed by atoms with van der Waals surface area (Å²) in [5, 5.41) is 5.34. The fourth-order valence-corrected chi connectivity index (χ4v) is 2.33. The Bertz CT molecular complexity index is 871. The number of hydrogen-bond acceptors (Lipinski definition) is 3. The van der Waals surface area contributed by atoms with Gasteiger partial charge >= 0.3 is 0 Å². The van der Waals surface area contributed by atoms with Gasteiger partial charge in [-0.25, -0.2) is 4.98 Å². The van der Waals surface area contributed by atoms with E-state index in [2.05, 4.69) is 15.6 Å². The number of nitrogens with zero attached hydrogens (tertiary/aromatic N) is 2. The van der Waals surface area contributed by atoms with Crippen LogP contribution in [0.1, 0.15) is 21.6 Å². The minimum absolute atomic E-state index is 0.0692. The fourth-order valence-electron chi connectivity index (χ4n) is 2.33. The number of nitrogens with one attached hydrogen (secondary N) is 2. The Morgan fingerprint density at radius 3 is 2.71 bits per heavy atom. The van der Waals surface area contributed by atoms with Crippen molar-refractivity contribution in [2.45, 2.75) is 13.5 Å². The third-order valence-corrected chi connectivity index (χ3v) is 3.58. The normalized spacial score (nSPS) is 10.5. The number of pyridine rings is 1. The molecular weight excluding hydrogens is 304 g/mol. The molecular formula is C18H18N4O2. The fraction of sp³-hybridized carbons (Fsp3) is 0.167. The van der Waals surface area contributed by atoms with Gasteiger partial charge in [0.2, 0.25) is 5.91 Å². The van der Waals surface area contributed by atoms with Crippen LogP contribution in [-0.2, 0) is 11.3 Å². The SMILES string of the molecule is Cc1ccn2cc(CNC(=O)CNC(=O)c3ccccc3)nc2c1. The first-order valence-electron chi connectivity index (χ1n) is 7.66. The molecule has 3 aromatic rings. The second-order valence-electron chi connectivity index (χ2n) is 5.53. The van der Waals surface area contributed by atoms with E-state index in [0.29, 0.717) is 12.1 Å². The standard InChI is InChI=1S/C18H18N4O2/c1-13-7-8-22-12-15(21-16(22)9-13)10-19-17(23)11-20-18(24)14-5-3-2-4-6-14/h2-9,12H,10-11H2,1H3,(H,19,23)(H,20,24). The van der Waals surface area contributed by atoms with E-state index in [0.717, 1.165) is 16.9 Å². The summed E-state index contributed by atoms with van der Waals surface area (Å²) in [6.45, 7) is 2.26. The summed E-state index contributed by atoms with van der Waals surface area (Å²) in [7, 11) is 0. The highest BCUT2D eigenvalue weighted by Gasteiger charge is 2.08. The molecule has 0 atom stereocenters. The number of carbonyl (C=O) groups excluding carboxylic acids is 2. The molecule has 0 fully saturated rings. The number of hydrogen-bond donors (Lipinski definition) is 2. The van der Waals surface area contributed by atoms with E-state index in [-0.39, 0.29) is 18.4 Å². The van der Waals surface area contributed by atoms with Crippen molar-refractivity contribution in [2.75, 3.05) is 6.54 Å². The average molecular weight is 322 g/mol. The lowest BCUT2D eigenvalue weighted by molar-refractivity contribution is -0.120. The topological polar surface area (TPSA) is 75.5 Å². The van der Waals surface area contributed by atoms with Crippen molar-refractivity contribution < 1.29 is 9.59 Å². The lowest BCUT2D eigenvalue weighted by Crippen LogP contribution is -2.36. The van der Waals surface area contributed by atoms with E-state index < -0.39 is 0 Å². The van der Waals surface area contributed by atoms with Crippen LogP contribution in [-0.4, -0.2) is 27.7 Å². The minimum atomic E-state index is -0.269. The zero-order valence-corrected chi connectivity index (χ0v) is 13.3. The van der Waals surface area contributed by atoms with Crippen LogP contribution < -0.4 is 10.6 Å². The molecule has 0 saturated heterocycles. The second-order valence-corrected chi connectivity index (χ2v) is 5.53. The Morgan fingerprint density at radius 2 is 1.92 bits per heavy atom. The van der Waals surface area contributed by atoms with Crippen molar-refractivity contribution in [3.8, 4) is 0 Å². The summed E-state index contributed by atoms with van der Waals surface area (Å²) in [6, 6.07) is 12.8. The van der Waals surface area contributed by atoms with Gasteiger partial charge in [-0.2, -0.15) is 0 Å². The lowest BCUT2D eigenvalue weighted by atomic mass is 10.2. The average Bonchev–Trinajstić information content (AvgIpc) is 3.00. The second kappa shape index (κ2) is 6.95. The molecule has 3 rings (SSSR count). The molecule has 0 radical (unpaired) electrons. The first-order chi connectivity index (χ1) is 11.6. The predicted molar refractivity (Wildman–Crippen MR) is 90.6 cm³/mol. The first kappa shape index (κ1) is 15.7. The summed E-state index contributed by atoms with van der Waals surface area (Å²) in [6.07, 6.45) is 3.81. The molecule has 2 aromatic heterocycles. The number of carbonyl (C=O) groups is 2. The smallest absolute Gasteiger partial charge is 0.251 e. The molecule has 0 aliphatic heterocycles. The molecule has 0 unspecified atom stereocenters. The highest BCUT2D eigenvalue weighted by Crippen LogP contribution is 2.07. The molecule has 24 heavy (non-hydrogen) atoms. The Hall–Kier alpha value is -3.15. The number of fused-ring (bicyclic) bond motifs is 1. The van der Waals surface area contributed by atoms with E-state index in [1.54, 1.807) is 24.3 Å². The van der Waals surface area contributed by atoms with Gasteiger partial charge in [-0.05, 0) is 36.8 Å². The Balaban J connectivity index is 1.50. The number of benzene rings is 1. The van der Waals surface area contributed by atoms with Crippen LogP contribution >= 0.6 is 0 Å². The van der Waals surface area contributed by atoms with Gasteiger partial charge in [0.1, 0.15) is 5.65 Å². The summed E-state index contributed by atoms with van der Waals surface area (Å²) in [5.41, 5.74) is 3.27. The number of aromatic nitrogens is 2. The van der Waals surface area contributed by atoms with Gasteiger partial charge in [0.25, 0.3) is 5.91 Å². The summed E-state index contributed by atoms with van der Waals surface area (Å²) in [5.74, 6) is -0.526. The summed E-state index contributed by atoms with van der Waals surface area (Å²) >= 11 is 0. The molecule has 2 heterocycles.